The first-order chi connectivity index (χ1) is 8.85. The van der Waals surface area contributed by atoms with Crippen molar-refractivity contribution in [3.8, 4) is 0 Å². The van der Waals surface area contributed by atoms with Gasteiger partial charge in [0.2, 0.25) is 0 Å². The van der Waals surface area contributed by atoms with E-state index in [1.165, 1.54) is 0 Å². The highest BCUT2D eigenvalue weighted by Gasteiger charge is 2.44. The Morgan fingerprint density at radius 3 is 2.47 bits per heavy atom. The highest BCUT2D eigenvalue weighted by atomic mass is 16.4. The van der Waals surface area contributed by atoms with E-state index < -0.39 is 11.4 Å². The summed E-state index contributed by atoms with van der Waals surface area (Å²) in [7, 11) is 0. The Morgan fingerprint density at radius 2 is 1.95 bits per heavy atom. The summed E-state index contributed by atoms with van der Waals surface area (Å²) in [5.74, 6) is -0.659. The van der Waals surface area contributed by atoms with Crippen LogP contribution in [-0.4, -0.2) is 16.1 Å². The van der Waals surface area contributed by atoms with Gasteiger partial charge >= 0.3 is 5.97 Å². The van der Waals surface area contributed by atoms with Crippen LogP contribution in [0.25, 0.3) is 0 Å². The van der Waals surface area contributed by atoms with Gasteiger partial charge in [-0.2, -0.15) is 0 Å². The standard InChI is InChI=1S/C16H23NO2/c1-12-5-4-10-17-13(12)11-16(14(18)19)8-6-15(2,3)7-9-16/h4-5,10H,6-9,11H2,1-3H3,(H,18,19). The molecule has 0 bridgehead atoms. The van der Waals surface area contributed by atoms with Crippen LogP contribution in [0.4, 0.5) is 0 Å². The summed E-state index contributed by atoms with van der Waals surface area (Å²) < 4.78 is 0. The number of pyridine rings is 1. The molecule has 0 aliphatic heterocycles. The summed E-state index contributed by atoms with van der Waals surface area (Å²) >= 11 is 0. The van der Waals surface area contributed by atoms with Crippen molar-refractivity contribution < 1.29 is 9.90 Å². The number of nitrogens with zero attached hydrogens (tertiary/aromatic N) is 1. The van der Waals surface area contributed by atoms with Crippen molar-refractivity contribution in [2.24, 2.45) is 10.8 Å². The minimum atomic E-state index is -0.659. The van der Waals surface area contributed by atoms with Crippen LogP contribution in [-0.2, 0) is 11.2 Å². The molecule has 0 saturated heterocycles. The smallest absolute Gasteiger partial charge is 0.310 e. The van der Waals surface area contributed by atoms with Crippen LogP contribution in [0.2, 0.25) is 0 Å². The molecule has 0 amide bonds. The molecule has 3 nitrogen and oxygen atoms in total. The van der Waals surface area contributed by atoms with Crippen LogP contribution >= 0.6 is 0 Å². The Morgan fingerprint density at radius 1 is 1.32 bits per heavy atom. The number of aromatic nitrogens is 1. The highest BCUT2D eigenvalue weighted by molar-refractivity contribution is 5.75. The second-order valence-corrected chi connectivity index (χ2v) is 6.69. The molecule has 0 unspecified atom stereocenters. The lowest BCUT2D eigenvalue weighted by Crippen LogP contribution is -2.39. The molecule has 1 saturated carbocycles. The minimum absolute atomic E-state index is 0.276. The average molecular weight is 261 g/mol. The van der Waals surface area contributed by atoms with Crippen molar-refractivity contribution in [1.29, 1.82) is 0 Å². The number of aliphatic carboxylic acids is 1. The predicted molar refractivity (Wildman–Crippen MR) is 75.0 cm³/mol. The van der Waals surface area contributed by atoms with Crippen LogP contribution in [0.15, 0.2) is 18.3 Å². The van der Waals surface area contributed by atoms with Crippen molar-refractivity contribution in [2.75, 3.05) is 0 Å². The number of hydrogen-bond acceptors (Lipinski definition) is 2. The highest BCUT2D eigenvalue weighted by Crippen LogP contribution is 2.47. The lowest BCUT2D eigenvalue weighted by Gasteiger charge is -2.40. The first-order valence-corrected chi connectivity index (χ1v) is 6.99. The van der Waals surface area contributed by atoms with E-state index >= 15 is 0 Å². The third kappa shape index (κ3) is 2.96. The Balaban J connectivity index is 2.23. The molecule has 104 valence electrons. The summed E-state index contributed by atoms with van der Waals surface area (Å²) in [5, 5.41) is 9.68. The SMILES string of the molecule is Cc1cccnc1CC1(C(=O)O)CCC(C)(C)CC1. The number of carboxylic acid groups (broad SMARTS) is 1. The number of hydrogen-bond donors (Lipinski definition) is 1. The summed E-state index contributed by atoms with van der Waals surface area (Å²) in [5.41, 5.74) is 1.68. The topological polar surface area (TPSA) is 50.2 Å². The van der Waals surface area contributed by atoms with E-state index in [2.05, 4.69) is 18.8 Å². The minimum Gasteiger partial charge on any atom is -0.481 e. The van der Waals surface area contributed by atoms with E-state index in [1.54, 1.807) is 6.20 Å². The maximum atomic E-state index is 11.8. The Hall–Kier alpha value is -1.38. The molecule has 1 aliphatic carbocycles. The van der Waals surface area contributed by atoms with E-state index in [9.17, 15) is 9.90 Å². The van der Waals surface area contributed by atoms with E-state index in [1.807, 2.05) is 19.1 Å². The van der Waals surface area contributed by atoms with Gasteiger partial charge in [-0.3, -0.25) is 9.78 Å². The van der Waals surface area contributed by atoms with Gasteiger partial charge in [0.15, 0.2) is 0 Å². The van der Waals surface area contributed by atoms with Gasteiger partial charge in [0.25, 0.3) is 0 Å². The lowest BCUT2D eigenvalue weighted by molar-refractivity contribution is -0.152. The van der Waals surface area contributed by atoms with Gasteiger partial charge < -0.3 is 5.11 Å². The van der Waals surface area contributed by atoms with Gasteiger partial charge in [-0.05, 0) is 49.7 Å². The van der Waals surface area contributed by atoms with Crippen LogP contribution in [0.3, 0.4) is 0 Å². The Kier molecular flexibility index (Phi) is 3.66. The molecule has 19 heavy (non-hydrogen) atoms. The fraction of sp³-hybridized carbons (Fsp3) is 0.625. The zero-order chi connectivity index (χ0) is 14.1. The summed E-state index contributed by atoms with van der Waals surface area (Å²) in [6.07, 6.45) is 5.78. The monoisotopic (exact) mass is 261 g/mol. The maximum Gasteiger partial charge on any atom is 0.310 e. The van der Waals surface area contributed by atoms with Crippen LogP contribution in [0, 0.1) is 17.8 Å². The predicted octanol–water partition coefficient (Wildman–Crippen LogP) is 3.60. The summed E-state index contributed by atoms with van der Waals surface area (Å²) in [6.45, 7) is 6.46. The molecule has 1 aromatic heterocycles. The number of aryl methyl sites for hydroxylation is 1. The fourth-order valence-electron chi connectivity index (χ4n) is 2.90. The van der Waals surface area contributed by atoms with Crippen molar-refractivity contribution >= 4 is 5.97 Å². The fourth-order valence-corrected chi connectivity index (χ4v) is 2.90. The molecule has 1 aromatic rings. The molecule has 0 radical (unpaired) electrons. The zero-order valence-corrected chi connectivity index (χ0v) is 12.1. The molecule has 1 heterocycles. The third-order valence-corrected chi connectivity index (χ3v) is 4.64. The van der Waals surface area contributed by atoms with Crippen molar-refractivity contribution in [2.45, 2.75) is 52.9 Å². The molecule has 0 spiro atoms. The van der Waals surface area contributed by atoms with E-state index in [0.717, 1.165) is 36.9 Å². The number of carboxylic acids is 1. The van der Waals surface area contributed by atoms with Crippen LogP contribution in [0.5, 0.6) is 0 Å². The molecule has 3 heteroatoms. The van der Waals surface area contributed by atoms with Gasteiger partial charge in [0.1, 0.15) is 0 Å². The van der Waals surface area contributed by atoms with Crippen molar-refractivity contribution in [1.82, 2.24) is 4.98 Å². The lowest BCUT2D eigenvalue weighted by atomic mass is 9.63. The molecule has 2 rings (SSSR count). The van der Waals surface area contributed by atoms with Gasteiger partial charge in [-0.15, -0.1) is 0 Å². The van der Waals surface area contributed by atoms with E-state index in [4.69, 9.17) is 0 Å². The molecule has 1 fully saturated rings. The average Bonchev–Trinajstić information content (AvgIpc) is 2.34. The molecule has 1 N–H and O–H groups in total. The molecule has 1 aliphatic rings. The number of rotatable bonds is 3. The molecular weight excluding hydrogens is 238 g/mol. The van der Waals surface area contributed by atoms with Crippen molar-refractivity contribution in [3.05, 3.63) is 29.6 Å². The maximum absolute atomic E-state index is 11.8. The zero-order valence-electron chi connectivity index (χ0n) is 12.1. The normalized spacial score (nSPS) is 21.0. The summed E-state index contributed by atoms with van der Waals surface area (Å²) in [4.78, 5) is 16.1. The molecule has 0 atom stereocenters. The van der Waals surface area contributed by atoms with E-state index in [0.29, 0.717) is 6.42 Å². The molecular formula is C16H23NO2. The van der Waals surface area contributed by atoms with Crippen molar-refractivity contribution in [3.63, 3.8) is 0 Å². The Bertz CT molecular complexity index is 469. The summed E-state index contributed by atoms with van der Waals surface area (Å²) in [6, 6.07) is 3.90. The number of carbonyl (C=O) groups is 1. The Labute approximate surface area is 115 Å². The largest absolute Gasteiger partial charge is 0.481 e. The first kappa shape index (κ1) is 14.0. The second kappa shape index (κ2) is 4.95. The molecule has 0 aromatic carbocycles. The van der Waals surface area contributed by atoms with Crippen LogP contribution < -0.4 is 0 Å². The van der Waals surface area contributed by atoms with Crippen LogP contribution in [0.1, 0.15) is 50.8 Å². The van der Waals surface area contributed by atoms with Gasteiger partial charge in [-0.25, -0.2) is 0 Å². The van der Waals surface area contributed by atoms with Gasteiger partial charge in [0.05, 0.1) is 5.41 Å². The first-order valence-electron chi connectivity index (χ1n) is 6.99. The second-order valence-electron chi connectivity index (χ2n) is 6.69. The van der Waals surface area contributed by atoms with Gasteiger partial charge in [-0.1, -0.05) is 19.9 Å². The van der Waals surface area contributed by atoms with Gasteiger partial charge in [0, 0.05) is 18.3 Å². The third-order valence-electron chi connectivity index (χ3n) is 4.64. The quantitative estimate of drug-likeness (QED) is 0.904. The van der Waals surface area contributed by atoms with E-state index in [-0.39, 0.29) is 5.41 Å².